The lowest BCUT2D eigenvalue weighted by molar-refractivity contribution is -0.385. The molecule has 1 aromatic heterocycles. The first-order valence-corrected chi connectivity index (χ1v) is 8.80. The molecule has 0 saturated carbocycles. The van der Waals surface area contributed by atoms with E-state index in [2.05, 4.69) is 10.1 Å². The maximum absolute atomic E-state index is 11.6. The number of benzene rings is 1. The summed E-state index contributed by atoms with van der Waals surface area (Å²) in [7, 11) is -4.02. The van der Waals surface area contributed by atoms with Crippen LogP contribution in [0.25, 0.3) is 0 Å². The molecule has 2 N–H and O–H groups in total. The number of primary sulfonamides is 1. The van der Waals surface area contributed by atoms with E-state index in [0.29, 0.717) is 18.8 Å². The van der Waals surface area contributed by atoms with Gasteiger partial charge in [0.15, 0.2) is 0 Å². The van der Waals surface area contributed by atoms with Crippen LogP contribution in [0.2, 0.25) is 0 Å². The van der Waals surface area contributed by atoms with Crippen molar-refractivity contribution in [3.63, 3.8) is 0 Å². The Kier molecular flexibility index (Phi) is 4.20. The number of piperidine rings is 1. The van der Waals surface area contributed by atoms with Crippen LogP contribution in [0, 0.1) is 10.1 Å². The van der Waals surface area contributed by atoms with Crippen LogP contribution in [-0.4, -0.2) is 41.2 Å². The molecule has 0 bridgehead atoms. The van der Waals surface area contributed by atoms with E-state index in [4.69, 9.17) is 5.14 Å². The molecule has 1 aliphatic rings. The van der Waals surface area contributed by atoms with Gasteiger partial charge in [0.1, 0.15) is 12.7 Å². The number of hydrogen-bond acceptors (Lipinski definition) is 7. The number of nitro benzene ring substituents is 1. The van der Waals surface area contributed by atoms with Gasteiger partial charge in [0.05, 0.1) is 15.9 Å². The summed E-state index contributed by atoms with van der Waals surface area (Å²) in [5.41, 5.74) is 0.181. The Morgan fingerprint density at radius 2 is 1.96 bits per heavy atom. The molecule has 0 unspecified atom stereocenters. The Bertz CT molecular complexity index is 843. The number of sulfonamides is 1. The molecule has 11 heteroatoms. The van der Waals surface area contributed by atoms with E-state index in [1.807, 2.05) is 4.90 Å². The van der Waals surface area contributed by atoms with E-state index in [1.165, 1.54) is 18.5 Å². The van der Waals surface area contributed by atoms with Gasteiger partial charge in [-0.1, -0.05) is 0 Å². The molecule has 0 aliphatic carbocycles. The minimum absolute atomic E-state index is 0.208. The number of nitrogens with zero attached hydrogens (tertiary/aromatic N) is 5. The number of rotatable bonds is 4. The highest BCUT2D eigenvalue weighted by molar-refractivity contribution is 7.89. The Labute approximate surface area is 138 Å². The number of anilines is 1. The van der Waals surface area contributed by atoms with Gasteiger partial charge in [0, 0.05) is 30.9 Å². The third-order valence-electron chi connectivity index (χ3n) is 4.06. The van der Waals surface area contributed by atoms with Crippen molar-refractivity contribution in [2.75, 3.05) is 18.0 Å². The van der Waals surface area contributed by atoms with Gasteiger partial charge in [0.25, 0.3) is 5.69 Å². The molecule has 2 aromatic rings. The van der Waals surface area contributed by atoms with Crippen LogP contribution in [0.1, 0.15) is 18.9 Å². The highest BCUT2D eigenvalue weighted by Gasteiger charge is 2.24. The highest BCUT2D eigenvalue weighted by Crippen LogP contribution is 2.30. The Balaban J connectivity index is 1.84. The maximum Gasteiger partial charge on any atom is 0.272 e. The van der Waals surface area contributed by atoms with Gasteiger partial charge >= 0.3 is 0 Å². The van der Waals surface area contributed by atoms with Crippen molar-refractivity contribution in [1.29, 1.82) is 0 Å². The van der Waals surface area contributed by atoms with Crippen LogP contribution in [0.3, 0.4) is 0 Å². The Hall–Kier alpha value is -2.53. The zero-order valence-electron chi connectivity index (χ0n) is 12.6. The molecule has 3 rings (SSSR count). The molecular formula is C13H16N6O4S. The second-order valence-electron chi connectivity index (χ2n) is 5.58. The van der Waals surface area contributed by atoms with Gasteiger partial charge in [-0.05, 0) is 18.9 Å². The van der Waals surface area contributed by atoms with Crippen LogP contribution in [0.15, 0.2) is 35.7 Å². The van der Waals surface area contributed by atoms with Crippen molar-refractivity contribution >= 4 is 21.4 Å². The fraction of sp³-hybridized carbons (Fsp3) is 0.385. The first-order valence-electron chi connectivity index (χ1n) is 7.26. The molecular weight excluding hydrogens is 336 g/mol. The van der Waals surface area contributed by atoms with E-state index in [1.54, 1.807) is 11.0 Å². The molecule has 24 heavy (non-hydrogen) atoms. The molecule has 0 atom stereocenters. The highest BCUT2D eigenvalue weighted by atomic mass is 32.2. The minimum atomic E-state index is -4.02. The minimum Gasteiger partial charge on any atom is -0.371 e. The number of aromatic nitrogens is 3. The smallest absolute Gasteiger partial charge is 0.272 e. The van der Waals surface area contributed by atoms with E-state index in [0.717, 1.165) is 18.9 Å². The van der Waals surface area contributed by atoms with Crippen molar-refractivity contribution in [3.05, 3.63) is 41.0 Å². The van der Waals surface area contributed by atoms with Gasteiger partial charge in [-0.25, -0.2) is 23.2 Å². The monoisotopic (exact) mass is 352 g/mol. The average molecular weight is 352 g/mol. The van der Waals surface area contributed by atoms with Gasteiger partial charge in [0.2, 0.25) is 10.0 Å². The van der Waals surface area contributed by atoms with Crippen molar-refractivity contribution < 1.29 is 13.3 Å². The number of hydrogen-bond donors (Lipinski definition) is 1. The zero-order chi connectivity index (χ0) is 17.3. The summed E-state index contributed by atoms with van der Waals surface area (Å²) in [5, 5.41) is 20.3. The molecule has 2 heterocycles. The molecule has 10 nitrogen and oxygen atoms in total. The number of non-ortho nitro benzene ring substituents is 1. The molecule has 1 aromatic carbocycles. The van der Waals surface area contributed by atoms with Crippen LogP contribution in [0.5, 0.6) is 0 Å². The molecule has 1 saturated heterocycles. The van der Waals surface area contributed by atoms with Gasteiger partial charge in [-0.15, -0.1) is 0 Å². The fourth-order valence-electron chi connectivity index (χ4n) is 2.81. The summed E-state index contributed by atoms with van der Waals surface area (Å²) < 4.78 is 24.9. The largest absolute Gasteiger partial charge is 0.371 e. The van der Waals surface area contributed by atoms with Gasteiger partial charge in [-0.2, -0.15) is 5.10 Å². The van der Waals surface area contributed by atoms with Gasteiger partial charge < -0.3 is 4.90 Å². The Morgan fingerprint density at radius 1 is 1.25 bits per heavy atom. The van der Waals surface area contributed by atoms with E-state index < -0.39 is 14.9 Å². The summed E-state index contributed by atoms with van der Waals surface area (Å²) in [6.45, 7) is 1.24. The third-order valence-corrected chi connectivity index (χ3v) is 4.95. The second-order valence-corrected chi connectivity index (χ2v) is 7.14. The lowest BCUT2D eigenvalue weighted by Crippen LogP contribution is -2.35. The molecule has 1 fully saturated rings. The van der Waals surface area contributed by atoms with Crippen molar-refractivity contribution in [2.24, 2.45) is 5.14 Å². The van der Waals surface area contributed by atoms with E-state index in [9.17, 15) is 18.5 Å². The zero-order valence-corrected chi connectivity index (χ0v) is 13.5. The fourth-order valence-corrected chi connectivity index (χ4v) is 3.38. The predicted octanol–water partition coefficient (Wildman–Crippen LogP) is 0.675. The number of nitrogens with two attached hydrogens (primary N) is 1. The van der Waals surface area contributed by atoms with Crippen LogP contribution < -0.4 is 10.0 Å². The van der Waals surface area contributed by atoms with Crippen molar-refractivity contribution in [2.45, 2.75) is 23.8 Å². The summed E-state index contributed by atoms with van der Waals surface area (Å²) in [5.74, 6) is 0. The average Bonchev–Trinajstić information content (AvgIpc) is 3.08. The van der Waals surface area contributed by atoms with Crippen LogP contribution in [0.4, 0.5) is 11.4 Å². The normalized spacial score (nSPS) is 16.3. The third kappa shape index (κ3) is 3.36. The lowest BCUT2D eigenvalue weighted by Gasteiger charge is -2.33. The number of nitro groups is 1. The van der Waals surface area contributed by atoms with E-state index >= 15 is 0 Å². The Morgan fingerprint density at radius 3 is 2.50 bits per heavy atom. The van der Waals surface area contributed by atoms with Crippen molar-refractivity contribution in [3.8, 4) is 0 Å². The molecule has 0 spiro atoms. The predicted molar refractivity (Wildman–Crippen MR) is 85.0 cm³/mol. The van der Waals surface area contributed by atoms with Crippen molar-refractivity contribution in [1.82, 2.24) is 14.8 Å². The standard InChI is InChI=1S/C13H16N6O4S/c14-24(22,23)13-6-11(5-12(7-13)19(20)21)17-3-1-10(2-4-17)18-9-15-8-16-18/h5-10H,1-4H2,(H2,14,22,23). The lowest BCUT2D eigenvalue weighted by atomic mass is 10.0. The summed E-state index contributed by atoms with van der Waals surface area (Å²) in [6, 6.07) is 3.92. The van der Waals surface area contributed by atoms with Gasteiger partial charge in [-0.3, -0.25) is 10.1 Å². The SMILES string of the molecule is NS(=O)(=O)c1cc(N2CCC(n3cncn3)CC2)cc([N+](=O)[O-])c1. The first-order chi connectivity index (χ1) is 11.3. The van der Waals surface area contributed by atoms with Crippen LogP contribution >= 0.6 is 0 Å². The molecule has 1 aliphatic heterocycles. The van der Waals surface area contributed by atoms with Crippen LogP contribution in [-0.2, 0) is 10.0 Å². The summed E-state index contributed by atoms with van der Waals surface area (Å²) >= 11 is 0. The maximum atomic E-state index is 11.6. The summed E-state index contributed by atoms with van der Waals surface area (Å²) in [6.07, 6.45) is 4.69. The topological polar surface area (TPSA) is 137 Å². The molecule has 0 amide bonds. The molecule has 128 valence electrons. The quantitative estimate of drug-likeness (QED) is 0.630. The summed E-state index contributed by atoms with van der Waals surface area (Å²) in [4.78, 5) is 16.0. The second kappa shape index (κ2) is 6.17. The van der Waals surface area contributed by atoms with E-state index in [-0.39, 0.29) is 16.6 Å². The molecule has 0 radical (unpaired) electrons. The first kappa shape index (κ1) is 16.3.